The normalized spacial score (nSPS) is 11.4. The van der Waals surface area contributed by atoms with Crippen molar-refractivity contribution in [2.75, 3.05) is 5.32 Å². The fourth-order valence-corrected chi connectivity index (χ4v) is 3.15. The second kappa shape index (κ2) is 9.83. The first-order chi connectivity index (χ1) is 15.9. The average Bonchev–Trinajstić information content (AvgIpc) is 2.75. The highest BCUT2D eigenvalue weighted by atomic mass is 79.9. The van der Waals surface area contributed by atoms with Crippen LogP contribution in [0.25, 0.3) is 5.69 Å². The zero-order valence-corrected chi connectivity index (χ0v) is 18.1. The molecular formula is C20H11BrF7N3O3. The van der Waals surface area contributed by atoms with Gasteiger partial charge in [-0.05, 0) is 34.1 Å². The van der Waals surface area contributed by atoms with Crippen molar-refractivity contribution in [3.63, 3.8) is 0 Å². The molecule has 34 heavy (non-hydrogen) atoms. The molecule has 2 aromatic carbocycles. The van der Waals surface area contributed by atoms with Crippen molar-refractivity contribution in [2.24, 2.45) is 0 Å². The van der Waals surface area contributed by atoms with Crippen LogP contribution in [0.2, 0.25) is 0 Å². The maximum absolute atomic E-state index is 14.3. The number of hydrogen-bond donors (Lipinski definition) is 1. The van der Waals surface area contributed by atoms with E-state index in [1.165, 1.54) is 0 Å². The van der Waals surface area contributed by atoms with Crippen LogP contribution in [0.15, 0.2) is 45.7 Å². The van der Waals surface area contributed by atoms with Crippen LogP contribution in [-0.4, -0.2) is 21.7 Å². The zero-order valence-electron chi connectivity index (χ0n) is 16.5. The van der Waals surface area contributed by atoms with Crippen LogP contribution in [-0.2, 0) is 22.7 Å². The van der Waals surface area contributed by atoms with Crippen molar-refractivity contribution in [3.8, 4) is 5.69 Å². The lowest BCUT2D eigenvalue weighted by molar-refractivity contribution is -0.201. The summed E-state index contributed by atoms with van der Waals surface area (Å²) >= 11 is 2.88. The van der Waals surface area contributed by atoms with E-state index in [-0.39, 0.29) is 17.9 Å². The molecule has 3 rings (SSSR count). The van der Waals surface area contributed by atoms with E-state index in [2.05, 4.69) is 31.0 Å². The first kappa shape index (κ1) is 25.2. The number of anilines is 1. The summed E-state index contributed by atoms with van der Waals surface area (Å²) in [6, 6.07) is 5.21. The third-order valence-electron chi connectivity index (χ3n) is 4.28. The van der Waals surface area contributed by atoms with E-state index in [1.54, 1.807) is 0 Å². The molecule has 0 saturated carbocycles. The van der Waals surface area contributed by atoms with Crippen molar-refractivity contribution >= 4 is 27.7 Å². The minimum absolute atomic E-state index is 0.0653. The Balaban J connectivity index is 2.07. The van der Waals surface area contributed by atoms with Crippen LogP contribution < -0.4 is 10.9 Å². The number of halogens is 8. The highest BCUT2D eigenvalue weighted by molar-refractivity contribution is 9.10. The molecule has 0 amide bonds. The van der Waals surface area contributed by atoms with Crippen LogP contribution in [0.5, 0.6) is 0 Å². The standard InChI is InChI=1S/C20H11BrF7N3O3/c21-15-17(29-7-9-4-5-10(22)6-13(9)25)30-14(8-34-19(33)20(26,27)28)31(18(15)32)16-11(23)2-1-3-12(16)24/h1-6,29H,7-8H2. The van der Waals surface area contributed by atoms with Crippen LogP contribution in [0, 0.1) is 23.3 Å². The molecule has 0 aliphatic rings. The van der Waals surface area contributed by atoms with E-state index in [1.807, 2.05) is 0 Å². The van der Waals surface area contributed by atoms with Crippen molar-refractivity contribution < 1.29 is 40.3 Å². The SMILES string of the molecule is O=C(OCc1nc(NCc2ccc(F)cc2F)c(Br)c(=O)n1-c1c(F)cccc1F)C(F)(F)F. The number of alkyl halides is 3. The van der Waals surface area contributed by atoms with Crippen molar-refractivity contribution in [3.05, 3.63) is 85.9 Å². The number of benzene rings is 2. The van der Waals surface area contributed by atoms with Gasteiger partial charge in [0, 0.05) is 18.2 Å². The topological polar surface area (TPSA) is 73.2 Å². The first-order valence-electron chi connectivity index (χ1n) is 9.07. The number of rotatable bonds is 6. The molecule has 0 unspecified atom stereocenters. The Hall–Kier alpha value is -3.42. The molecule has 0 aliphatic carbocycles. The van der Waals surface area contributed by atoms with Gasteiger partial charge in [0.05, 0.1) is 0 Å². The van der Waals surface area contributed by atoms with Gasteiger partial charge in [0.15, 0.2) is 5.82 Å². The molecule has 14 heteroatoms. The summed E-state index contributed by atoms with van der Waals surface area (Å²) in [4.78, 5) is 27.9. The van der Waals surface area contributed by atoms with Crippen LogP contribution >= 0.6 is 15.9 Å². The Bertz CT molecular complexity index is 1290. The predicted octanol–water partition coefficient (Wildman–Crippen LogP) is 4.77. The average molecular weight is 554 g/mol. The van der Waals surface area contributed by atoms with Crippen LogP contribution in [0.1, 0.15) is 11.4 Å². The zero-order chi connectivity index (χ0) is 25.2. The largest absolute Gasteiger partial charge is 0.490 e. The minimum Gasteiger partial charge on any atom is -0.451 e. The summed E-state index contributed by atoms with van der Waals surface area (Å²) in [6.07, 6.45) is -5.38. The molecule has 1 aromatic heterocycles. The number of carbonyl (C=O) groups is 1. The van der Waals surface area contributed by atoms with Gasteiger partial charge in [-0.15, -0.1) is 0 Å². The molecular weight excluding hydrogens is 543 g/mol. The lowest BCUT2D eigenvalue weighted by atomic mass is 10.2. The Labute approximate surface area is 194 Å². The van der Waals surface area contributed by atoms with Gasteiger partial charge < -0.3 is 10.1 Å². The smallest absolute Gasteiger partial charge is 0.451 e. The van der Waals surface area contributed by atoms with Gasteiger partial charge in [0.2, 0.25) is 0 Å². The van der Waals surface area contributed by atoms with Crippen LogP contribution in [0.3, 0.4) is 0 Å². The van der Waals surface area contributed by atoms with E-state index in [4.69, 9.17) is 0 Å². The van der Waals surface area contributed by atoms with E-state index >= 15 is 0 Å². The van der Waals surface area contributed by atoms with Gasteiger partial charge in [0.25, 0.3) is 5.56 Å². The fourth-order valence-electron chi connectivity index (χ4n) is 2.75. The highest BCUT2D eigenvalue weighted by Gasteiger charge is 2.41. The van der Waals surface area contributed by atoms with Crippen molar-refractivity contribution in [1.82, 2.24) is 9.55 Å². The number of hydrogen-bond acceptors (Lipinski definition) is 5. The van der Waals surface area contributed by atoms with Gasteiger partial charge in [-0.2, -0.15) is 13.2 Å². The Morgan fingerprint density at radius 1 is 1.06 bits per heavy atom. The molecule has 0 spiro atoms. The molecule has 0 atom stereocenters. The van der Waals surface area contributed by atoms with E-state index in [0.717, 1.165) is 30.3 Å². The van der Waals surface area contributed by atoms with E-state index in [9.17, 15) is 40.3 Å². The third-order valence-corrected chi connectivity index (χ3v) is 5.00. The number of para-hydroxylation sites is 1. The maximum atomic E-state index is 14.3. The number of aromatic nitrogens is 2. The minimum atomic E-state index is -5.38. The molecule has 0 aliphatic heterocycles. The molecule has 0 radical (unpaired) electrons. The molecule has 3 aromatic rings. The number of nitrogens with zero attached hydrogens (tertiary/aromatic N) is 2. The summed E-state index contributed by atoms with van der Waals surface area (Å²) in [5.41, 5.74) is -2.22. The lowest BCUT2D eigenvalue weighted by Gasteiger charge is -2.17. The number of nitrogens with one attached hydrogen (secondary N) is 1. The fraction of sp³-hybridized carbons (Fsp3) is 0.150. The van der Waals surface area contributed by atoms with Gasteiger partial charge in [-0.3, -0.25) is 9.36 Å². The number of esters is 1. The predicted molar refractivity (Wildman–Crippen MR) is 107 cm³/mol. The second-order valence-corrected chi connectivity index (χ2v) is 7.36. The molecule has 1 N–H and O–H groups in total. The summed E-state index contributed by atoms with van der Waals surface area (Å²) in [7, 11) is 0. The van der Waals surface area contributed by atoms with Crippen molar-refractivity contribution in [1.29, 1.82) is 0 Å². The highest BCUT2D eigenvalue weighted by Crippen LogP contribution is 2.24. The number of ether oxygens (including phenoxy) is 1. The molecule has 0 bridgehead atoms. The molecule has 1 heterocycles. The summed E-state index contributed by atoms with van der Waals surface area (Å²) < 4.78 is 97.2. The Kier molecular flexibility index (Phi) is 7.29. The van der Waals surface area contributed by atoms with Crippen molar-refractivity contribution in [2.45, 2.75) is 19.3 Å². The third kappa shape index (κ3) is 5.38. The Morgan fingerprint density at radius 2 is 1.71 bits per heavy atom. The monoisotopic (exact) mass is 553 g/mol. The van der Waals surface area contributed by atoms with Gasteiger partial charge in [0.1, 0.15) is 45.9 Å². The molecule has 0 fully saturated rings. The maximum Gasteiger partial charge on any atom is 0.490 e. The van der Waals surface area contributed by atoms with Gasteiger partial charge in [-0.1, -0.05) is 12.1 Å². The van der Waals surface area contributed by atoms with Gasteiger partial charge >= 0.3 is 12.1 Å². The molecule has 180 valence electrons. The summed E-state index contributed by atoms with van der Waals surface area (Å²) in [5.74, 6) is -8.08. The molecule has 6 nitrogen and oxygen atoms in total. The van der Waals surface area contributed by atoms with E-state index < -0.39 is 63.6 Å². The second-order valence-electron chi connectivity index (χ2n) is 6.56. The quantitative estimate of drug-likeness (QED) is 0.352. The summed E-state index contributed by atoms with van der Waals surface area (Å²) in [6.45, 7) is -1.66. The first-order valence-corrected chi connectivity index (χ1v) is 9.87. The summed E-state index contributed by atoms with van der Waals surface area (Å²) in [5, 5.41) is 2.51. The van der Waals surface area contributed by atoms with Crippen LogP contribution in [0.4, 0.5) is 36.6 Å². The lowest BCUT2D eigenvalue weighted by Crippen LogP contribution is -2.30. The van der Waals surface area contributed by atoms with E-state index in [0.29, 0.717) is 10.6 Å². The number of carbonyl (C=O) groups excluding carboxylic acids is 1. The Morgan fingerprint density at radius 3 is 2.29 bits per heavy atom. The molecule has 0 saturated heterocycles. The van der Waals surface area contributed by atoms with Gasteiger partial charge in [-0.25, -0.2) is 27.3 Å².